The van der Waals surface area contributed by atoms with Gasteiger partial charge >= 0.3 is 0 Å². The third kappa shape index (κ3) is 5.77. The number of anilines is 2. The minimum absolute atomic E-state index is 0.0674. The van der Waals surface area contributed by atoms with Gasteiger partial charge in [0.1, 0.15) is 5.82 Å². The molecule has 1 saturated heterocycles. The number of ether oxygens (including phenoxy) is 1. The van der Waals surface area contributed by atoms with E-state index >= 15 is 0 Å². The van der Waals surface area contributed by atoms with Crippen molar-refractivity contribution in [2.75, 3.05) is 49.6 Å². The van der Waals surface area contributed by atoms with Gasteiger partial charge in [-0.05, 0) is 42.8 Å². The molecule has 154 valence electrons. The van der Waals surface area contributed by atoms with Crippen LogP contribution in [0.4, 0.5) is 15.8 Å². The number of hydrogen-bond acceptors (Lipinski definition) is 4. The summed E-state index contributed by atoms with van der Waals surface area (Å²) in [6.45, 7) is 5.22. The average molecular weight is 399 g/mol. The highest BCUT2D eigenvalue weighted by molar-refractivity contribution is 5.94. The lowest BCUT2D eigenvalue weighted by Crippen LogP contribution is -2.38. The first-order chi connectivity index (χ1) is 14.1. The Labute approximate surface area is 170 Å². The predicted octanol–water partition coefficient (Wildman–Crippen LogP) is 2.69. The molecule has 1 aliphatic rings. The molecule has 0 saturated carbocycles. The molecular weight excluding hydrogens is 373 g/mol. The molecule has 29 heavy (non-hydrogen) atoms. The second kappa shape index (κ2) is 10.0. The van der Waals surface area contributed by atoms with Crippen LogP contribution < -0.4 is 10.2 Å². The molecule has 6 nitrogen and oxygen atoms in total. The zero-order valence-electron chi connectivity index (χ0n) is 16.6. The molecular formula is C22H26FN3O3. The van der Waals surface area contributed by atoms with Crippen LogP contribution >= 0.6 is 0 Å². The first-order valence-corrected chi connectivity index (χ1v) is 9.80. The van der Waals surface area contributed by atoms with Crippen LogP contribution in [-0.2, 0) is 20.7 Å². The number of carbonyl (C=O) groups is 2. The SMILES string of the molecule is CCN(CC(=O)Nc1ccc(N2CCOCC2)cc1)C(=O)Cc1ccccc1F. The number of nitrogens with one attached hydrogen (secondary N) is 1. The Bertz CT molecular complexity index is 835. The quantitative estimate of drug-likeness (QED) is 0.778. The van der Waals surface area contributed by atoms with Crippen molar-refractivity contribution in [2.24, 2.45) is 0 Å². The highest BCUT2D eigenvalue weighted by atomic mass is 19.1. The largest absolute Gasteiger partial charge is 0.378 e. The minimum atomic E-state index is -0.415. The van der Waals surface area contributed by atoms with Gasteiger partial charge in [-0.3, -0.25) is 9.59 Å². The van der Waals surface area contributed by atoms with Gasteiger partial charge in [0.25, 0.3) is 0 Å². The molecule has 0 bridgehead atoms. The summed E-state index contributed by atoms with van der Waals surface area (Å²) >= 11 is 0. The molecule has 1 aliphatic heterocycles. The molecule has 0 radical (unpaired) electrons. The van der Waals surface area contributed by atoms with Gasteiger partial charge in [-0.1, -0.05) is 18.2 Å². The number of likely N-dealkylation sites (N-methyl/N-ethyl adjacent to an activating group) is 1. The molecule has 1 N–H and O–H groups in total. The molecule has 1 heterocycles. The summed E-state index contributed by atoms with van der Waals surface area (Å²) in [6.07, 6.45) is -0.0674. The Morgan fingerprint density at radius 3 is 2.45 bits per heavy atom. The smallest absolute Gasteiger partial charge is 0.243 e. The van der Waals surface area contributed by atoms with Crippen molar-refractivity contribution in [3.05, 3.63) is 59.9 Å². The second-order valence-electron chi connectivity index (χ2n) is 6.87. The van der Waals surface area contributed by atoms with Crippen molar-refractivity contribution < 1.29 is 18.7 Å². The van der Waals surface area contributed by atoms with Gasteiger partial charge < -0.3 is 19.9 Å². The normalized spacial score (nSPS) is 13.8. The van der Waals surface area contributed by atoms with E-state index in [-0.39, 0.29) is 24.8 Å². The molecule has 2 amide bonds. The number of rotatable bonds is 7. The highest BCUT2D eigenvalue weighted by Gasteiger charge is 2.18. The summed E-state index contributed by atoms with van der Waals surface area (Å²) in [5.41, 5.74) is 2.08. The third-order valence-corrected chi connectivity index (χ3v) is 4.90. The van der Waals surface area contributed by atoms with E-state index in [0.29, 0.717) is 31.0 Å². The van der Waals surface area contributed by atoms with Crippen molar-refractivity contribution in [3.63, 3.8) is 0 Å². The molecule has 2 aromatic rings. The molecule has 0 aliphatic carbocycles. The fourth-order valence-electron chi connectivity index (χ4n) is 3.24. The average Bonchev–Trinajstić information content (AvgIpc) is 2.74. The number of hydrogen-bond donors (Lipinski definition) is 1. The summed E-state index contributed by atoms with van der Waals surface area (Å²) in [7, 11) is 0. The van der Waals surface area contributed by atoms with E-state index in [2.05, 4.69) is 10.2 Å². The van der Waals surface area contributed by atoms with Crippen LogP contribution in [0.1, 0.15) is 12.5 Å². The fourth-order valence-corrected chi connectivity index (χ4v) is 3.24. The maximum Gasteiger partial charge on any atom is 0.243 e. The van der Waals surface area contributed by atoms with E-state index in [4.69, 9.17) is 4.74 Å². The van der Waals surface area contributed by atoms with Gasteiger partial charge in [-0.15, -0.1) is 0 Å². The maximum absolute atomic E-state index is 13.8. The summed E-state index contributed by atoms with van der Waals surface area (Å²) in [5.74, 6) is -0.981. The Balaban J connectivity index is 1.54. The molecule has 0 atom stereocenters. The van der Waals surface area contributed by atoms with E-state index in [1.807, 2.05) is 24.3 Å². The molecule has 2 aromatic carbocycles. The number of morpholine rings is 1. The zero-order chi connectivity index (χ0) is 20.6. The molecule has 0 aromatic heterocycles. The Morgan fingerprint density at radius 2 is 1.79 bits per heavy atom. The van der Waals surface area contributed by atoms with Crippen LogP contribution in [0.5, 0.6) is 0 Å². The molecule has 0 unspecified atom stereocenters. The first-order valence-electron chi connectivity index (χ1n) is 9.80. The van der Waals surface area contributed by atoms with Crippen LogP contribution in [0.3, 0.4) is 0 Å². The van der Waals surface area contributed by atoms with Crippen LogP contribution in [0.2, 0.25) is 0 Å². The topological polar surface area (TPSA) is 61.9 Å². The van der Waals surface area contributed by atoms with E-state index in [1.165, 1.54) is 11.0 Å². The Morgan fingerprint density at radius 1 is 1.10 bits per heavy atom. The molecule has 1 fully saturated rings. The molecule has 0 spiro atoms. The summed E-state index contributed by atoms with van der Waals surface area (Å²) in [4.78, 5) is 28.5. The van der Waals surface area contributed by atoms with Crippen molar-refractivity contribution in [1.29, 1.82) is 0 Å². The first kappa shape index (κ1) is 20.8. The van der Waals surface area contributed by atoms with Crippen LogP contribution in [-0.4, -0.2) is 56.1 Å². The monoisotopic (exact) mass is 399 g/mol. The standard InChI is InChI=1S/C22H26FN3O3/c1-2-25(22(28)15-17-5-3-4-6-20(17)23)16-21(27)24-18-7-9-19(10-8-18)26-11-13-29-14-12-26/h3-10H,2,11-16H2,1H3,(H,24,27). The van der Waals surface area contributed by atoms with Gasteiger partial charge in [0.05, 0.1) is 26.2 Å². The summed E-state index contributed by atoms with van der Waals surface area (Å²) in [5, 5.41) is 2.82. The van der Waals surface area contributed by atoms with Crippen LogP contribution in [0, 0.1) is 5.82 Å². The number of carbonyl (C=O) groups excluding carboxylic acids is 2. The van der Waals surface area contributed by atoms with E-state index in [1.54, 1.807) is 25.1 Å². The number of amides is 2. The number of halogens is 1. The lowest BCUT2D eigenvalue weighted by Gasteiger charge is -2.29. The van der Waals surface area contributed by atoms with Gasteiger partial charge in [-0.25, -0.2) is 4.39 Å². The van der Waals surface area contributed by atoms with Gasteiger partial charge in [0.2, 0.25) is 11.8 Å². The lowest BCUT2D eigenvalue weighted by atomic mass is 10.1. The lowest BCUT2D eigenvalue weighted by molar-refractivity contribution is -0.133. The van der Waals surface area contributed by atoms with Crippen LogP contribution in [0.15, 0.2) is 48.5 Å². The van der Waals surface area contributed by atoms with E-state index in [0.717, 1.165) is 18.8 Å². The van der Waals surface area contributed by atoms with Crippen LogP contribution in [0.25, 0.3) is 0 Å². The summed E-state index contributed by atoms with van der Waals surface area (Å²) in [6, 6.07) is 13.8. The fraction of sp³-hybridized carbons (Fsp3) is 0.364. The Hall–Kier alpha value is -2.93. The maximum atomic E-state index is 13.8. The van der Waals surface area contributed by atoms with Gasteiger partial charge in [0.15, 0.2) is 0 Å². The van der Waals surface area contributed by atoms with E-state index in [9.17, 15) is 14.0 Å². The van der Waals surface area contributed by atoms with Crippen molar-refractivity contribution in [1.82, 2.24) is 4.90 Å². The molecule has 3 rings (SSSR count). The predicted molar refractivity (Wildman–Crippen MR) is 110 cm³/mol. The van der Waals surface area contributed by atoms with Crippen molar-refractivity contribution in [2.45, 2.75) is 13.3 Å². The summed E-state index contributed by atoms with van der Waals surface area (Å²) < 4.78 is 19.1. The number of nitrogens with zero attached hydrogens (tertiary/aromatic N) is 2. The van der Waals surface area contributed by atoms with E-state index < -0.39 is 5.82 Å². The van der Waals surface area contributed by atoms with Crippen molar-refractivity contribution >= 4 is 23.2 Å². The van der Waals surface area contributed by atoms with Crippen molar-refractivity contribution in [3.8, 4) is 0 Å². The highest BCUT2D eigenvalue weighted by Crippen LogP contribution is 2.19. The zero-order valence-corrected chi connectivity index (χ0v) is 16.6. The minimum Gasteiger partial charge on any atom is -0.378 e. The number of benzene rings is 2. The second-order valence-corrected chi connectivity index (χ2v) is 6.87. The van der Waals surface area contributed by atoms with Gasteiger partial charge in [-0.2, -0.15) is 0 Å². The Kier molecular flexibility index (Phi) is 7.19. The molecule has 7 heteroatoms. The van der Waals surface area contributed by atoms with Gasteiger partial charge in [0, 0.05) is 31.0 Å². The third-order valence-electron chi connectivity index (χ3n) is 4.90.